The second-order valence-electron chi connectivity index (χ2n) is 3.40. The van der Waals surface area contributed by atoms with Crippen LogP contribution in [-0.4, -0.2) is 8.42 Å². The standard InChI is InChI=1S/C10H6BrClO5S/c11-7-3-1-6(2-4-7)9-8(5-18(12,14)15)16-10(13)17-9/h1-4H,5H2. The maximum absolute atomic E-state index is 11.1. The van der Waals surface area contributed by atoms with Crippen molar-refractivity contribution in [3.63, 3.8) is 0 Å². The second kappa shape index (κ2) is 4.91. The summed E-state index contributed by atoms with van der Waals surface area (Å²) in [5, 5.41) is 0. The number of benzene rings is 1. The van der Waals surface area contributed by atoms with E-state index in [2.05, 4.69) is 20.3 Å². The van der Waals surface area contributed by atoms with Gasteiger partial charge in [-0.2, -0.15) is 0 Å². The van der Waals surface area contributed by atoms with Gasteiger partial charge in [-0.15, -0.1) is 0 Å². The van der Waals surface area contributed by atoms with Crippen LogP contribution in [0.3, 0.4) is 0 Å². The molecular weight excluding hydrogens is 348 g/mol. The third-order valence-electron chi connectivity index (χ3n) is 2.06. The van der Waals surface area contributed by atoms with Crippen LogP contribution in [0.4, 0.5) is 0 Å². The van der Waals surface area contributed by atoms with E-state index in [9.17, 15) is 13.2 Å². The van der Waals surface area contributed by atoms with Gasteiger partial charge in [0.2, 0.25) is 9.05 Å². The van der Waals surface area contributed by atoms with Crippen molar-refractivity contribution in [1.29, 1.82) is 0 Å². The van der Waals surface area contributed by atoms with Crippen LogP contribution in [0.15, 0.2) is 42.4 Å². The van der Waals surface area contributed by atoms with Crippen molar-refractivity contribution in [3.8, 4) is 11.3 Å². The molecule has 5 nitrogen and oxygen atoms in total. The third kappa shape index (κ3) is 3.24. The molecule has 0 spiro atoms. The molecule has 0 N–H and O–H groups in total. The summed E-state index contributed by atoms with van der Waals surface area (Å²) in [4.78, 5) is 11.1. The molecule has 0 aliphatic rings. The number of hydrogen-bond donors (Lipinski definition) is 0. The van der Waals surface area contributed by atoms with E-state index in [1.807, 2.05) is 0 Å². The summed E-state index contributed by atoms with van der Waals surface area (Å²) in [5.41, 5.74) is 0.527. The van der Waals surface area contributed by atoms with E-state index in [-0.39, 0.29) is 11.5 Å². The zero-order valence-electron chi connectivity index (χ0n) is 8.72. The van der Waals surface area contributed by atoms with Gasteiger partial charge in [0.05, 0.1) is 0 Å². The lowest BCUT2D eigenvalue weighted by molar-refractivity contribution is 0.380. The first-order valence-electron chi connectivity index (χ1n) is 4.66. The van der Waals surface area contributed by atoms with Crippen LogP contribution >= 0.6 is 26.6 Å². The van der Waals surface area contributed by atoms with Gasteiger partial charge in [-0.1, -0.05) is 15.9 Å². The van der Waals surface area contributed by atoms with Crippen molar-refractivity contribution in [3.05, 3.63) is 45.1 Å². The first kappa shape index (κ1) is 13.4. The summed E-state index contributed by atoms with van der Waals surface area (Å²) in [6, 6.07) is 6.76. The zero-order chi connectivity index (χ0) is 13.3. The predicted octanol–water partition coefficient (Wildman–Crippen LogP) is 2.73. The molecule has 0 fully saturated rings. The number of halogens is 2. The molecule has 0 unspecified atom stereocenters. The molecule has 1 heterocycles. The summed E-state index contributed by atoms with van der Waals surface area (Å²) in [7, 11) is 1.29. The van der Waals surface area contributed by atoms with Gasteiger partial charge >= 0.3 is 5.82 Å². The van der Waals surface area contributed by atoms with Crippen LogP contribution in [0.5, 0.6) is 0 Å². The van der Waals surface area contributed by atoms with Gasteiger partial charge in [0.1, 0.15) is 5.75 Å². The quantitative estimate of drug-likeness (QED) is 0.793. The van der Waals surface area contributed by atoms with Crippen LogP contribution in [0, 0.1) is 0 Å². The molecule has 8 heteroatoms. The van der Waals surface area contributed by atoms with Crippen molar-refractivity contribution < 1.29 is 17.3 Å². The van der Waals surface area contributed by atoms with Crippen LogP contribution in [0.2, 0.25) is 0 Å². The molecular formula is C10H6BrClO5S. The zero-order valence-corrected chi connectivity index (χ0v) is 11.9. The fraction of sp³-hybridized carbons (Fsp3) is 0.100. The molecule has 2 rings (SSSR count). The van der Waals surface area contributed by atoms with Gasteiger partial charge in [-0.05, 0) is 24.3 Å². The summed E-state index contributed by atoms with van der Waals surface area (Å²) >= 11 is 3.26. The first-order chi connectivity index (χ1) is 8.35. The Balaban J connectivity index is 2.51. The summed E-state index contributed by atoms with van der Waals surface area (Å²) in [6.45, 7) is 0. The van der Waals surface area contributed by atoms with Gasteiger partial charge in [0.25, 0.3) is 0 Å². The molecule has 0 aliphatic heterocycles. The Labute approximate surface area is 115 Å². The highest BCUT2D eigenvalue weighted by molar-refractivity contribution is 9.10. The van der Waals surface area contributed by atoms with E-state index >= 15 is 0 Å². The molecule has 2 aromatic rings. The monoisotopic (exact) mass is 352 g/mol. The molecule has 0 amide bonds. The molecule has 18 heavy (non-hydrogen) atoms. The lowest BCUT2D eigenvalue weighted by atomic mass is 10.1. The van der Waals surface area contributed by atoms with Gasteiger partial charge in [0, 0.05) is 20.7 Å². The van der Waals surface area contributed by atoms with Crippen molar-refractivity contribution in [2.24, 2.45) is 0 Å². The molecule has 96 valence electrons. The fourth-order valence-corrected chi connectivity index (χ4v) is 2.45. The maximum atomic E-state index is 11.1. The lowest BCUT2D eigenvalue weighted by Crippen LogP contribution is -1.95. The summed E-state index contributed by atoms with van der Waals surface area (Å²) < 4.78 is 32.3. The Bertz CT molecular complexity index is 713. The minimum absolute atomic E-state index is 0.0664. The SMILES string of the molecule is O=c1oc(CS(=O)(=O)Cl)c(-c2ccc(Br)cc2)o1. The Kier molecular flexibility index (Phi) is 3.65. The minimum Gasteiger partial charge on any atom is -0.394 e. The Morgan fingerprint density at radius 2 is 1.78 bits per heavy atom. The highest BCUT2D eigenvalue weighted by Crippen LogP contribution is 2.26. The highest BCUT2D eigenvalue weighted by Gasteiger charge is 2.20. The van der Waals surface area contributed by atoms with Gasteiger partial charge in [-0.3, -0.25) is 0 Å². The van der Waals surface area contributed by atoms with E-state index in [0.29, 0.717) is 5.56 Å². The molecule has 1 aromatic heterocycles. The second-order valence-corrected chi connectivity index (χ2v) is 7.09. The Hall–Kier alpha value is -1.05. The smallest absolute Gasteiger partial charge is 0.394 e. The van der Waals surface area contributed by atoms with Crippen LogP contribution < -0.4 is 5.82 Å². The van der Waals surface area contributed by atoms with E-state index in [1.165, 1.54) is 0 Å². The highest BCUT2D eigenvalue weighted by atomic mass is 79.9. The maximum Gasteiger partial charge on any atom is 0.519 e. The Morgan fingerprint density at radius 1 is 1.17 bits per heavy atom. The van der Waals surface area contributed by atoms with Crippen molar-refractivity contribution in [1.82, 2.24) is 0 Å². The van der Waals surface area contributed by atoms with Gasteiger partial charge in [-0.25, -0.2) is 13.2 Å². The van der Waals surface area contributed by atoms with Gasteiger partial charge in [0.15, 0.2) is 11.5 Å². The molecule has 0 saturated carbocycles. The van der Waals surface area contributed by atoms with Crippen molar-refractivity contribution in [2.75, 3.05) is 0 Å². The topological polar surface area (TPSA) is 77.5 Å². The van der Waals surface area contributed by atoms with Crippen molar-refractivity contribution in [2.45, 2.75) is 5.75 Å². The fourth-order valence-electron chi connectivity index (χ4n) is 1.38. The lowest BCUT2D eigenvalue weighted by Gasteiger charge is -1.98. The van der Waals surface area contributed by atoms with Crippen LogP contribution in [0.1, 0.15) is 5.76 Å². The molecule has 0 radical (unpaired) electrons. The molecule has 0 aliphatic carbocycles. The minimum atomic E-state index is -3.83. The van der Waals surface area contributed by atoms with E-state index in [4.69, 9.17) is 15.1 Å². The Morgan fingerprint density at radius 3 is 2.33 bits per heavy atom. The largest absolute Gasteiger partial charge is 0.519 e. The van der Waals surface area contributed by atoms with Crippen LogP contribution in [-0.2, 0) is 14.8 Å². The third-order valence-corrected chi connectivity index (χ3v) is 3.52. The van der Waals surface area contributed by atoms with E-state index < -0.39 is 20.6 Å². The molecule has 0 atom stereocenters. The number of hydrogen-bond acceptors (Lipinski definition) is 5. The summed E-state index contributed by atoms with van der Waals surface area (Å²) in [6.07, 6.45) is 0. The van der Waals surface area contributed by atoms with Crippen LogP contribution in [0.25, 0.3) is 11.3 Å². The molecule has 0 bridgehead atoms. The summed E-state index contributed by atoms with van der Waals surface area (Å²) in [5.74, 6) is -1.62. The molecule has 0 saturated heterocycles. The molecule has 1 aromatic carbocycles. The van der Waals surface area contributed by atoms with Gasteiger partial charge < -0.3 is 8.83 Å². The normalized spacial score (nSPS) is 11.7. The van der Waals surface area contributed by atoms with Crippen molar-refractivity contribution >= 4 is 35.7 Å². The predicted molar refractivity (Wildman–Crippen MR) is 68.9 cm³/mol. The average molecular weight is 354 g/mol. The first-order valence-corrected chi connectivity index (χ1v) is 7.93. The number of rotatable bonds is 3. The average Bonchev–Trinajstić information content (AvgIpc) is 2.58. The van der Waals surface area contributed by atoms with E-state index in [0.717, 1.165) is 4.47 Å². The van der Waals surface area contributed by atoms with E-state index in [1.54, 1.807) is 24.3 Å².